The molecule has 2 aromatic carbocycles. The lowest BCUT2D eigenvalue weighted by Crippen LogP contribution is -2.31. The number of hydrogen-bond acceptors (Lipinski definition) is 3. The van der Waals surface area contributed by atoms with Gasteiger partial charge in [-0.05, 0) is 62.1 Å². The molecule has 0 aliphatic heterocycles. The van der Waals surface area contributed by atoms with Crippen molar-refractivity contribution in [3.8, 4) is 5.75 Å². The number of benzene rings is 2. The molecule has 1 atom stereocenters. The van der Waals surface area contributed by atoms with E-state index in [2.05, 4.69) is 24.5 Å². The molecule has 1 unspecified atom stereocenters. The zero-order chi connectivity index (χ0) is 20.5. The first-order chi connectivity index (χ1) is 13.4. The molecule has 2 rings (SSSR count). The van der Waals surface area contributed by atoms with Crippen LogP contribution in [0.3, 0.4) is 0 Å². The van der Waals surface area contributed by atoms with Crippen LogP contribution in [-0.4, -0.2) is 24.5 Å². The molecular weight excluding hydrogens is 352 g/mol. The molecule has 0 fully saturated rings. The first kappa shape index (κ1) is 21.5. The van der Waals surface area contributed by atoms with E-state index in [1.54, 1.807) is 42.5 Å². The molecule has 2 N–H and O–H groups in total. The predicted octanol–water partition coefficient (Wildman–Crippen LogP) is 4.89. The molecule has 150 valence electrons. The highest BCUT2D eigenvalue weighted by atomic mass is 16.5. The van der Waals surface area contributed by atoms with Crippen LogP contribution in [0.5, 0.6) is 5.75 Å². The number of carbonyl (C=O) groups is 2. The fourth-order valence-electron chi connectivity index (χ4n) is 2.49. The van der Waals surface area contributed by atoms with E-state index in [0.29, 0.717) is 35.1 Å². The largest absolute Gasteiger partial charge is 0.494 e. The summed E-state index contributed by atoms with van der Waals surface area (Å²) in [6, 6.07) is 14.2. The molecule has 2 amide bonds. The predicted molar refractivity (Wildman–Crippen MR) is 113 cm³/mol. The molecule has 0 spiro atoms. The van der Waals surface area contributed by atoms with Gasteiger partial charge < -0.3 is 15.4 Å². The lowest BCUT2D eigenvalue weighted by molar-refractivity contribution is 0.0938. The molecule has 0 saturated carbocycles. The third-order valence-electron chi connectivity index (χ3n) is 4.43. The zero-order valence-corrected chi connectivity index (χ0v) is 17.1. The summed E-state index contributed by atoms with van der Waals surface area (Å²) in [7, 11) is 0. The molecule has 5 nitrogen and oxygen atoms in total. The maximum Gasteiger partial charge on any atom is 0.255 e. The molecular formula is C23H30N2O3. The van der Waals surface area contributed by atoms with Gasteiger partial charge in [0.2, 0.25) is 0 Å². The Morgan fingerprint density at radius 2 is 1.64 bits per heavy atom. The number of carbonyl (C=O) groups excluding carboxylic acids is 2. The maximum atomic E-state index is 12.6. The summed E-state index contributed by atoms with van der Waals surface area (Å²) in [6.45, 7) is 8.88. The third-order valence-corrected chi connectivity index (χ3v) is 4.43. The minimum absolute atomic E-state index is 0.101. The molecule has 0 bridgehead atoms. The fraction of sp³-hybridized carbons (Fsp3) is 0.391. The van der Waals surface area contributed by atoms with E-state index >= 15 is 0 Å². The van der Waals surface area contributed by atoms with Crippen LogP contribution < -0.4 is 15.4 Å². The van der Waals surface area contributed by atoms with Gasteiger partial charge in [0.25, 0.3) is 11.8 Å². The molecule has 0 heterocycles. The average molecular weight is 383 g/mol. The second-order valence-electron chi connectivity index (χ2n) is 7.38. The van der Waals surface area contributed by atoms with Gasteiger partial charge in [0.05, 0.1) is 6.61 Å². The average Bonchev–Trinajstić information content (AvgIpc) is 2.68. The van der Waals surface area contributed by atoms with Crippen molar-refractivity contribution in [1.29, 1.82) is 0 Å². The minimum atomic E-state index is -0.242. The van der Waals surface area contributed by atoms with Crippen molar-refractivity contribution in [1.82, 2.24) is 5.32 Å². The Bertz CT molecular complexity index is 802. The van der Waals surface area contributed by atoms with Gasteiger partial charge >= 0.3 is 0 Å². The number of anilines is 1. The molecule has 0 radical (unpaired) electrons. The van der Waals surface area contributed by atoms with E-state index < -0.39 is 0 Å². The summed E-state index contributed by atoms with van der Waals surface area (Å²) in [4.78, 5) is 24.9. The number of nitrogens with one attached hydrogen (secondary N) is 2. The Morgan fingerprint density at radius 1 is 0.964 bits per heavy atom. The van der Waals surface area contributed by atoms with Gasteiger partial charge in [-0.25, -0.2) is 0 Å². The molecule has 5 heteroatoms. The minimum Gasteiger partial charge on any atom is -0.494 e. The van der Waals surface area contributed by atoms with Crippen LogP contribution in [0.15, 0.2) is 48.5 Å². The zero-order valence-electron chi connectivity index (χ0n) is 17.1. The Labute approximate surface area is 167 Å². The SMILES string of the molecule is CCC(C)NC(=O)c1cccc(NC(=O)c2cccc(OCCC(C)C)c2)c1. The highest BCUT2D eigenvalue weighted by Gasteiger charge is 2.11. The normalized spacial score (nSPS) is 11.8. The van der Waals surface area contributed by atoms with Crippen molar-refractivity contribution < 1.29 is 14.3 Å². The van der Waals surface area contributed by atoms with Crippen molar-refractivity contribution in [2.24, 2.45) is 5.92 Å². The standard InChI is InChI=1S/C23H30N2O3/c1-5-17(4)24-22(26)18-8-6-10-20(14-18)25-23(27)19-9-7-11-21(15-19)28-13-12-16(2)3/h6-11,14-17H,5,12-13H2,1-4H3,(H,24,26)(H,25,27). The summed E-state index contributed by atoms with van der Waals surface area (Å²) < 4.78 is 5.72. The number of ether oxygens (including phenoxy) is 1. The van der Waals surface area contributed by atoms with Crippen LogP contribution in [0.1, 0.15) is 61.3 Å². The van der Waals surface area contributed by atoms with Crippen molar-refractivity contribution in [3.63, 3.8) is 0 Å². The Hall–Kier alpha value is -2.82. The van der Waals surface area contributed by atoms with E-state index in [9.17, 15) is 9.59 Å². The quantitative estimate of drug-likeness (QED) is 0.649. The van der Waals surface area contributed by atoms with Crippen molar-refractivity contribution >= 4 is 17.5 Å². The second kappa shape index (κ2) is 10.5. The van der Waals surface area contributed by atoms with E-state index in [1.807, 2.05) is 19.9 Å². The van der Waals surface area contributed by atoms with Crippen LogP contribution in [0.25, 0.3) is 0 Å². The van der Waals surface area contributed by atoms with Gasteiger partial charge in [-0.3, -0.25) is 9.59 Å². The molecule has 28 heavy (non-hydrogen) atoms. The maximum absolute atomic E-state index is 12.6. The van der Waals surface area contributed by atoms with Crippen LogP contribution in [0.2, 0.25) is 0 Å². The van der Waals surface area contributed by atoms with Gasteiger partial charge in [0.15, 0.2) is 0 Å². The summed E-state index contributed by atoms with van der Waals surface area (Å²) in [5.41, 5.74) is 1.60. The summed E-state index contributed by atoms with van der Waals surface area (Å²) in [5.74, 6) is 0.853. The highest BCUT2D eigenvalue weighted by Crippen LogP contribution is 2.17. The Morgan fingerprint density at radius 3 is 2.32 bits per heavy atom. The lowest BCUT2D eigenvalue weighted by Gasteiger charge is -2.12. The number of rotatable bonds is 9. The summed E-state index contributed by atoms with van der Waals surface area (Å²) >= 11 is 0. The van der Waals surface area contributed by atoms with Crippen LogP contribution >= 0.6 is 0 Å². The highest BCUT2D eigenvalue weighted by molar-refractivity contribution is 6.05. The van der Waals surface area contributed by atoms with E-state index in [1.165, 1.54) is 0 Å². The first-order valence-corrected chi connectivity index (χ1v) is 9.84. The summed E-state index contributed by atoms with van der Waals surface area (Å²) in [6.07, 6.45) is 1.82. The van der Waals surface area contributed by atoms with Crippen molar-refractivity contribution in [3.05, 3.63) is 59.7 Å². The third kappa shape index (κ3) is 6.72. The van der Waals surface area contributed by atoms with Gasteiger partial charge in [-0.1, -0.05) is 32.9 Å². The van der Waals surface area contributed by atoms with Gasteiger partial charge in [-0.2, -0.15) is 0 Å². The van der Waals surface area contributed by atoms with Crippen LogP contribution in [0.4, 0.5) is 5.69 Å². The molecule has 0 aliphatic carbocycles. The number of amides is 2. The molecule has 0 aliphatic rings. The van der Waals surface area contributed by atoms with Gasteiger partial charge in [0, 0.05) is 22.9 Å². The molecule has 0 aromatic heterocycles. The Kier molecular flexibility index (Phi) is 8.05. The van der Waals surface area contributed by atoms with Gasteiger partial charge in [-0.15, -0.1) is 0 Å². The van der Waals surface area contributed by atoms with E-state index in [0.717, 1.165) is 12.8 Å². The topological polar surface area (TPSA) is 67.4 Å². The smallest absolute Gasteiger partial charge is 0.255 e. The lowest BCUT2D eigenvalue weighted by atomic mass is 10.1. The first-order valence-electron chi connectivity index (χ1n) is 9.84. The monoisotopic (exact) mass is 382 g/mol. The van der Waals surface area contributed by atoms with Gasteiger partial charge in [0.1, 0.15) is 5.75 Å². The summed E-state index contributed by atoms with van der Waals surface area (Å²) in [5, 5.41) is 5.77. The van der Waals surface area contributed by atoms with Crippen molar-refractivity contribution in [2.45, 2.75) is 46.6 Å². The fourth-order valence-corrected chi connectivity index (χ4v) is 2.49. The van der Waals surface area contributed by atoms with Crippen LogP contribution in [0, 0.1) is 5.92 Å². The van der Waals surface area contributed by atoms with Crippen LogP contribution in [-0.2, 0) is 0 Å². The van der Waals surface area contributed by atoms with Crippen molar-refractivity contribution in [2.75, 3.05) is 11.9 Å². The van der Waals surface area contributed by atoms with E-state index in [4.69, 9.17) is 4.74 Å². The number of hydrogen-bond donors (Lipinski definition) is 2. The van der Waals surface area contributed by atoms with E-state index in [-0.39, 0.29) is 17.9 Å². The molecule has 0 saturated heterocycles. The Balaban J connectivity index is 2.03. The molecule has 2 aromatic rings. The second-order valence-corrected chi connectivity index (χ2v) is 7.38.